The number of aryl methyl sites for hydroxylation is 2. The van der Waals surface area contributed by atoms with Gasteiger partial charge in [-0.3, -0.25) is 14.4 Å². The third-order valence-corrected chi connectivity index (χ3v) is 6.93. The van der Waals surface area contributed by atoms with Crippen LogP contribution in [0.5, 0.6) is 0 Å². The summed E-state index contributed by atoms with van der Waals surface area (Å²) in [6, 6.07) is 11.5. The van der Waals surface area contributed by atoms with Gasteiger partial charge in [0.2, 0.25) is 11.8 Å². The summed E-state index contributed by atoms with van der Waals surface area (Å²) in [6.45, 7) is 0.429. The molecule has 7 nitrogen and oxygen atoms in total. The van der Waals surface area contributed by atoms with Crippen LogP contribution in [-0.2, 0) is 22.4 Å². The van der Waals surface area contributed by atoms with Crippen molar-refractivity contribution in [3.63, 3.8) is 0 Å². The van der Waals surface area contributed by atoms with Crippen LogP contribution in [0.15, 0.2) is 41.2 Å². The standard InChI is InChI=1S/C24H28N4O3/c29-22-14-17(15-27(22)19-6-2-1-3-7-19)24(31)25-18-9-11-20(12-10-18)28-23(30)13-16-5-4-8-21(16)26-28/h1-3,6-7,13,17-18,20H,4-5,8-12,14-15H2,(H,25,31). The van der Waals surface area contributed by atoms with Crippen LogP contribution in [0.2, 0.25) is 0 Å². The van der Waals surface area contributed by atoms with Crippen molar-refractivity contribution in [2.24, 2.45) is 5.92 Å². The minimum absolute atomic E-state index is 0.00129. The minimum atomic E-state index is -0.313. The summed E-state index contributed by atoms with van der Waals surface area (Å²) in [7, 11) is 0. The van der Waals surface area contributed by atoms with E-state index in [1.54, 1.807) is 15.6 Å². The lowest BCUT2D eigenvalue weighted by Gasteiger charge is -2.30. The molecule has 2 aliphatic carbocycles. The molecule has 162 valence electrons. The molecule has 2 aromatic rings. The number of carbonyl (C=O) groups excluding carboxylic acids is 2. The molecular formula is C24H28N4O3. The fourth-order valence-electron chi connectivity index (χ4n) is 5.20. The largest absolute Gasteiger partial charge is 0.353 e. The summed E-state index contributed by atoms with van der Waals surface area (Å²) in [5, 5.41) is 7.80. The summed E-state index contributed by atoms with van der Waals surface area (Å²) in [5.41, 5.74) is 3.02. The van der Waals surface area contributed by atoms with Crippen LogP contribution in [-0.4, -0.2) is 34.2 Å². The number of anilines is 1. The van der Waals surface area contributed by atoms with Gasteiger partial charge in [0, 0.05) is 30.8 Å². The average molecular weight is 421 g/mol. The van der Waals surface area contributed by atoms with Gasteiger partial charge in [-0.05, 0) is 62.6 Å². The van der Waals surface area contributed by atoms with Gasteiger partial charge in [-0.15, -0.1) is 0 Å². The number of aromatic nitrogens is 2. The maximum Gasteiger partial charge on any atom is 0.267 e. The lowest BCUT2D eigenvalue weighted by molar-refractivity contribution is -0.127. The van der Waals surface area contributed by atoms with Gasteiger partial charge < -0.3 is 10.2 Å². The maximum absolute atomic E-state index is 12.8. The number of benzene rings is 1. The molecule has 2 fully saturated rings. The van der Waals surface area contributed by atoms with E-state index in [0.29, 0.717) is 6.54 Å². The number of hydrogen-bond donors (Lipinski definition) is 1. The van der Waals surface area contributed by atoms with Crippen molar-refractivity contribution in [2.45, 2.75) is 63.5 Å². The van der Waals surface area contributed by atoms with E-state index in [4.69, 9.17) is 0 Å². The Kier molecular flexibility index (Phi) is 5.34. The van der Waals surface area contributed by atoms with Crippen LogP contribution >= 0.6 is 0 Å². The van der Waals surface area contributed by atoms with Crippen molar-refractivity contribution >= 4 is 17.5 Å². The molecular weight excluding hydrogens is 392 g/mol. The van der Waals surface area contributed by atoms with Crippen LogP contribution in [0, 0.1) is 5.92 Å². The lowest BCUT2D eigenvalue weighted by atomic mass is 9.90. The summed E-state index contributed by atoms with van der Waals surface area (Å²) in [5.74, 6) is -0.355. The monoisotopic (exact) mass is 420 g/mol. The van der Waals surface area contributed by atoms with E-state index in [-0.39, 0.29) is 41.8 Å². The highest BCUT2D eigenvalue weighted by Crippen LogP contribution is 2.29. The Morgan fingerprint density at radius 1 is 1.03 bits per heavy atom. The molecule has 1 atom stereocenters. The van der Waals surface area contributed by atoms with Crippen molar-refractivity contribution < 1.29 is 9.59 Å². The summed E-state index contributed by atoms with van der Waals surface area (Å²) >= 11 is 0. The smallest absolute Gasteiger partial charge is 0.267 e. The third-order valence-electron chi connectivity index (χ3n) is 6.93. The number of nitrogens with one attached hydrogen (secondary N) is 1. The van der Waals surface area contributed by atoms with E-state index < -0.39 is 0 Å². The number of amides is 2. The molecule has 2 heterocycles. The fourth-order valence-corrected chi connectivity index (χ4v) is 5.20. The number of nitrogens with zero attached hydrogens (tertiary/aromatic N) is 3. The predicted molar refractivity (Wildman–Crippen MR) is 117 cm³/mol. The van der Waals surface area contributed by atoms with Crippen LogP contribution in [0.1, 0.15) is 55.8 Å². The zero-order chi connectivity index (χ0) is 21.4. The first-order valence-corrected chi connectivity index (χ1v) is 11.4. The molecule has 0 radical (unpaired) electrons. The Balaban J connectivity index is 1.17. The molecule has 1 N–H and O–H groups in total. The van der Waals surface area contributed by atoms with E-state index in [1.165, 1.54) is 0 Å². The molecule has 0 bridgehead atoms. The number of hydrogen-bond acceptors (Lipinski definition) is 4. The topological polar surface area (TPSA) is 84.3 Å². The normalized spacial score (nSPS) is 25.5. The molecule has 1 unspecified atom stereocenters. The van der Waals surface area contributed by atoms with E-state index >= 15 is 0 Å². The van der Waals surface area contributed by atoms with Crippen molar-refractivity contribution in [3.8, 4) is 0 Å². The van der Waals surface area contributed by atoms with Gasteiger partial charge in [0.05, 0.1) is 17.7 Å². The zero-order valence-corrected chi connectivity index (χ0v) is 17.6. The SMILES string of the molecule is O=C(NC1CCC(n2nc3c(cc2=O)CCC3)CC1)C1CC(=O)N(c2ccccc2)C1. The van der Waals surface area contributed by atoms with Gasteiger partial charge in [0.1, 0.15) is 0 Å². The highest BCUT2D eigenvalue weighted by Gasteiger charge is 2.36. The van der Waals surface area contributed by atoms with Gasteiger partial charge in [-0.2, -0.15) is 5.10 Å². The Labute approximate surface area is 181 Å². The highest BCUT2D eigenvalue weighted by atomic mass is 16.2. The first-order valence-electron chi connectivity index (χ1n) is 11.4. The second-order valence-corrected chi connectivity index (χ2v) is 9.01. The molecule has 5 rings (SSSR count). The summed E-state index contributed by atoms with van der Waals surface area (Å²) < 4.78 is 1.68. The second-order valence-electron chi connectivity index (χ2n) is 9.01. The Hall–Kier alpha value is -2.96. The average Bonchev–Trinajstić information content (AvgIpc) is 3.40. The Morgan fingerprint density at radius 3 is 2.58 bits per heavy atom. The van der Waals surface area contributed by atoms with Gasteiger partial charge >= 0.3 is 0 Å². The van der Waals surface area contributed by atoms with E-state index in [9.17, 15) is 14.4 Å². The third kappa shape index (κ3) is 4.01. The minimum Gasteiger partial charge on any atom is -0.353 e. The predicted octanol–water partition coefficient (Wildman–Crippen LogP) is 2.38. The molecule has 1 saturated heterocycles. The van der Waals surface area contributed by atoms with Crippen molar-refractivity contribution in [1.82, 2.24) is 15.1 Å². The van der Waals surface area contributed by atoms with Crippen LogP contribution in [0.4, 0.5) is 5.69 Å². The molecule has 2 amide bonds. The summed E-state index contributed by atoms with van der Waals surface area (Å²) in [4.78, 5) is 39.4. The van der Waals surface area contributed by atoms with Crippen molar-refractivity contribution in [2.75, 3.05) is 11.4 Å². The van der Waals surface area contributed by atoms with Crippen LogP contribution in [0.25, 0.3) is 0 Å². The van der Waals surface area contributed by atoms with E-state index in [2.05, 4.69) is 10.4 Å². The first-order chi connectivity index (χ1) is 15.1. The summed E-state index contributed by atoms with van der Waals surface area (Å²) in [6.07, 6.45) is 6.56. The van der Waals surface area contributed by atoms with Gasteiger partial charge in [0.15, 0.2) is 0 Å². The molecule has 7 heteroatoms. The lowest BCUT2D eigenvalue weighted by Crippen LogP contribution is -2.42. The quantitative estimate of drug-likeness (QED) is 0.823. The van der Waals surface area contributed by atoms with Gasteiger partial charge in [-0.25, -0.2) is 4.68 Å². The fraction of sp³-hybridized carbons (Fsp3) is 0.500. The van der Waals surface area contributed by atoms with Gasteiger partial charge in [0.25, 0.3) is 5.56 Å². The number of carbonyl (C=O) groups is 2. The molecule has 0 spiro atoms. The first kappa shape index (κ1) is 20.0. The van der Waals surface area contributed by atoms with Gasteiger partial charge in [-0.1, -0.05) is 18.2 Å². The Morgan fingerprint density at radius 2 is 1.81 bits per heavy atom. The Bertz CT molecular complexity index is 1040. The van der Waals surface area contributed by atoms with E-state index in [0.717, 1.165) is 61.9 Å². The number of para-hydroxylation sites is 1. The maximum atomic E-state index is 12.8. The molecule has 31 heavy (non-hydrogen) atoms. The molecule has 1 saturated carbocycles. The van der Waals surface area contributed by atoms with Crippen LogP contribution < -0.4 is 15.8 Å². The van der Waals surface area contributed by atoms with Crippen LogP contribution in [0.3, 0.4) is 0 Å². The zero-order valence-electron chi connectivity index (χ0n) is 17.6. The molecule has 1 aromatic heterocycles. The van der Waals surface area contributed by atoms with Crippen molar-refractivity contribution in [3.05, 3.63) is 58.0 Å². The number of rotatable bonds is 4. The number of fused-ring (bicyclic) bond motifs is 1. The molecule has 3 aliphatic rings. The highest BCUT2D eigenvalue weighted by molar-refractivity contribution is 6.00. The molecule has 1 aromatic carbocycles. The molecule has 1 aliphatic heterocycles. The van der Waals surface area contributed by atoms with E-state index in [1.807, 2.05) is 30.3 Å². The second kappa shape index (κ2) is 8.29. The van der Waals surface area contributed by atoms with Crippen molar-refractivity contribution in [1.29, 1.82) is 0 Å².